The van der Waals surface area contributed by atoms with Crippen molar-refractivity contribution in [2.45, 2.75) is 19.6 Å². The molecule has 4 aromatic rings. The van der Waals surface area contributed by atoms with Crippen molar-refractivity contribution < 1.29 is 82.2 Å². The molecule has 4 aromatic carbocycles. The first-order chi connectivity index (χ1) is 25.6. The van der Waals surface area contributed by atoms with Gasteiger partial charge in [0.05, 0.1) is 45.9 Å². The molecule has 0 saturated carbocycles. The van der Waals surface area contributed by atoms with Crippen molar-refractivity contribution in [3.8, 4) is 5.75 Å². The van der Waals surface area contributed by atoms with Crippen LogP contribution in [0.1, 0.15) is 0 Å². The van der Waals surface area contributed by atoms with Crippen LogP contribution in [0.4, 0.5) is 28.4 Å². The third kappa shape index (κ3) is 11.3. The molecule has 0 spiro atoms. The van der Waals surface area contributed by atoms with E-state index in [1.807, 2.05) is 0 Å². The first-order valence-corrected chi connectivity index (χ1v) is 23.3. The number of hydrogen-bond donors (Lipinski definition) is 6. The predicted molar refractivity (Wildman–Crippen MR) is 190 cm³/mol. The molecule has 0 fully saturated rings. The van der Waals surface area contributed by atoms with E-state index in [0.717, 1.165) is 36.4 Å². The average molecular weight is 904 g/mol. The van der Waals surface area contributed by atoms with Crippen LogP contribution in [-0.2, 0) is 69.1 Å². The van der Waals surface area contributed by atoms with Gasteiger partial charge in [-0.2, -0.15) is 38.8 Å². The highest BCUT2D eigenvalue weighted by molar-refractivity contribution is 7.91. The number of sulfone groups is 2. The van der Waals surface area contributed by atoms with E-state index in [1.54, 1.807) is 0 Å². The van der Waals surface area contributed by atoms with Crippen LogP contribution in [0.5, 0.6) is 5.75 Å². The van der Waals surface area contributed by atoms with Gasteiger partial charge in [0, 0.05) is 10.8 Å². The summed E-state index contributed by atoms with van der Waals surface area (Å²) in [4.78, 5) is -3.12. The van der Waals surface area contributed by atoms with Gasteiger partial charge in [-0.15, -0.1) is 15.3 Å². The first-order valence-electron chi connectivity index (χ1n) is 14.4. The molecule has 24 nitrogen and oxygen atoms in total. The molecule has 30 heteroatoms. The highest BCUT2D eigenvalue weighted by atomic mass is 32.3. The van der Waals surface area contributed by atoms with E-state index in [9.17, 15) is 64.7 Å². The molecule has 0 aliphatic heterocycles. The van der Waals surface area contributed by atoms with Crippen LogP contribution in [0.15, 0.2) is 101 Å². The van der Waals surface area contributed by atoms with Crippen molar-refractivity contribution in [1.29, 1.82) is 0 Å². The van der Waals surface area contributed by atoms with E-state index in [1.165, 1.54) is 0 Å². The number of aromatic hydroxyl groups is 1. The molecule has 0 aliphatic rings. The van der Waals surface area contributed by atoms with Crippen molar-refractivity contribution in [2.75, 3.05) is 30.5 Å². The molecule has 7 N–H and O–H groups in total. The Labute approximate surface area is 317 Å². The van der Waals surface area contributed by atoms with Crippen LogP contribution in [0, 0.1) is 0 Å². The van der Waals surface area contributed by atoms with Crippen LogP contribution in [-0.4, -0.2) is 98.5 Å². The van der Waals surface area contributed by atoms with Gasteiger partial charge in [0.25, 0.3) is 20.2 Å². The molecule has 0 aromatic heterocycles. The number of hydrogen-bond acceptors (Lipinski definition) is 20. The monoisotopic (exact) mass is 903 g/mol. The fourth-order valence-electron chi connectivity index (χ4n) is 4.48. The minimum atomic E-state index is -5.28. The summed E-state index contributed by atoms with van der Waals surface area (Å²) in [5.74, 6) is -2.85. The van der Waals surface area contributed by atoms with Crippen molar-refractivity contribution >= 4 is 99.9 Å². The highest BCUT2D eigenvalue weighted by Crippen LogP contribution is 2.46. The minimum Gasteiger partial charge on any atom is -0.505 e. The third-order valence-corrected chi connectivity index (χ3v) is 13.0. The van der Waals surface area contributed by atoms with E-state index >= 15 is 0 Å². The molecular formula is C26H25N5O19S6. The Balaban J connectivity index is 1.78. The summed E-state index contributed by atoms with van der Waals surface area (Å²) in [5.41, 5.74) is 3.38. The lowest BCUT2D eigenvalue weighted by molar-refractivity contribution is 0.282. The van der Waals surface area contributed by atoms with E-state index in [4.69, 9.17) is 14.8 Å². The molecule has 56 heavy (non-hydrogen) atoms. The number of rotatable bonds is 16. The van der Waals surface area contributed by atoms with E-state index in [0.29, 0.717) is 24.3 Å². The summed E-state index contributed by atoms with van der Waals surface area (Å²) >= 11 is 0. The Morgan fingerprint density at radius 2 is 1.04 bits per heavy atom. The maximum Gasteiger partial charge on any atom is 0.397 e. The second-order valence-electron chi connectivity index (χ2n) is 10.8. The van der Waals surface area contributed by atoms with Gasteiger partial charge < -0.3 is 10.8 Å². The SMILES string of the molecule is Nc1ccc2c(O)c(/N=N/c3ccc(S(=O)(=O)CCOS(=O)(=O)O)cc3)c(S(=O)(=O)O)cc2c1/N=N/c1cc(S(=O)(=O)CCOS(=O)(=O)O)ccc1S(=O)(=O)O. The molecule has 0 amide bonds. The van der Waals surface area contributed by atoms with Crippen LogP contribution in [0.2, 0.25) is 0 Å². The fourth-order valence-corrected chi connectivity index (χ4v) is 8.72. The fraction of sp³-hybridized carbons (Fsp3) is 0.154. The second kappa shape index (κ2) is 16.1. The van der Waals surface area contributed by atoms with Crippen molar-refractivity contribution in [3.05, 3.63) is 60.7 Å². The summed E-state index contributed by atoms with van der Waals surface area (Å²) in [6, 6.07) is 9.10. The van der Waals surface area contributed by atoms with Crippen LogP contribution >= 0.6 is 0 Å². The number of phenolic OH excluding ortho intramolecular Hbond substituents is 1. The molecule has 0 heterocycles. The van der Waals surface area contributed by atoms with Crippen molar-refractivity contribution in [1.82, 2.24) is 0 Å². The van der Waals surface area contributed by atoms with Crippen LogP contribution in [0.25, 0.3) is 10.8 Å². The Morgan fingerprint density at radius 3 is 1.55 bits per heavy atom. The molecule has 0 radical (unpaired) electrons. The largest absolute Gasteiger partial charge is 0.505 e. The molecule has 4 rings (SSSR count). The molecule has 0 saturated heterocycles. The third-order valence-electron chi connectivity index (χ3n) is 6.97. The maximum absolute atomic E-state index is 12.8. The smallest absolute Gasteiger partial charge is 0.397 e. The average Bonchev–Trinajstić information content (AvgIpc) is 3.05. The number of fused-ring (bicyclic) bond motifs is 1. The summed E-state index contributed by atoms with van der Waals surface area (Å²) < 4.78 is 187. The highest BCUT2D eigenvalue weighted by Gasteiger charge is 2.26. The standard InChI is InChI=1S/C26H25N5O19S6/c27-20-7-6-18-19(24(20)30-29-21-13-17(5-8-22(21)53(37,38)39)52(35,36)12-10-50-56(46,47)48)14-23(54(40,41)42)25(26(18)32)31-28-15-1-3-16(4-2-15)51(33,34)11-9-49-55(43,44)45/h1-8,13-14,32H,9-12,27H2,(H,37,38,39)(H,40,41,42)(H,43,44,45)(H,46,47,48)/b30-29+,31-28+. The van der Waals surface area contributed by atoms with Gasteiger partial charge in [0.2, 0.25) is 0 Å². The number of phenols is 1. The number of anilines is 1. The topological polar surface area (TPSA) is 400 Å². The lowest BCUT2D eigenvalue weighted by Crippen LogP contribution is -2.15. The zero-order valence-electron chi connectivity index (χ0n) is 27.4. The summed E-state index contributed by atoms with van der Waals surface area (Å²) in [7, 11) is -28.9. The van der Waals surface area contributed by atoms with Gasteiger partial charge in [-0.1, -0.05) is 0 Å². The molecule has 0 bridgehead atoms. The quantitative estimate of drug-likeness (QED) is 0.0534. The summed E-state index contributed by atoms with van der Waals surface area (Å²) in [6.45, 7) is -1.96. The maximum atomic E-state index is 12.8. The summed E-state index contributed by atoms with van der Waals surface area (Å²) in [6.07, 6.45) is 0. The second-order valence-corrected chi connectivity index (χ2v) is 20.0. The van der Waals surface area contributed by atoms with E-state index in [2.05, 4.69) is 28.8 Å². The minimum absolute atomic E-state index is 0.129. The molecule has 304 valence electrons. The Kier molecular flexibility index (Phi) is 12.7. The molecule has 0 aliphatic carbocycles. The number of benzene rings is 4. The molecule has 0 unspecified atom stereocenters. The normalized spacial score (nSPS) is 13.6. The van der Waals surface area contributed by atoms with Gasteiger partial charge in [-0.25, -0.2) is 25.2 Å². The Hall–Kier alpha value is -4.60. The first kappa shape index (κ1) is 44.1. The van der Waals surface area contributed by atoms with Gasteiger partial charge in [-0.3, -0.25) is 18.2 Å². The molecule has 0 atom stereocenters. The predicted octanol–water partition coefficient (Wildman–Crippen LogP) is 2.64. The van der Waals surface area contributed by atoms with Gasteiger partial charge in [-0.05, 0) is 60.7 Å². The van der Waals surface area contributed by atoms with E-state index in [-0.39, 0.29) is 27.0 Å². The zero-order chi connectivity index (χ0) is 42.1. The zero-order valence-corrected chi connectivity index (χ0v) is 32.3. The van der Waals surface area contributed by atoms with Gasteiger partial charge in [0.15, 0.2) is 25.4 Å². The van der Waals surface area contributed by atoms with Crippen LogP contribution in [0.3, 0.4) is 0 Å². The number of nitrogens with two attached hydrogens (primary N) is 1. The lowest BCUT2D eigenvalue weighted by Gasteiger charge is -2.12. The number of nitrogen functional groups attached to an aromatic ring is 1. The van der Waals surface area contributed by atoms with Crippen molar-refractivity contribution in [3.63, 3.8) is 0 Å². The Bertz CT molecular complexity index is 2950. The summed E-state index contributed by atoms with van der Waals surface area (Å²) in [5, 5.41) is 25.4. The number of nitrogens with zero attached hydrogens (tertiary/aromatic N) is 4. The van der Waals surface area contributed by atoms with Gasteiger partial charge >= 0.3 is 20.8 Å². The van der Waals surface area contributed by atoms with Crippen LogP contribution < -0.4 is 5.73 Å². The number of azo groups is 2. The lowest BCUT2D eigenvalue weighted by atomic mass is 10.1. The Morgan fingerprint density at radius 1 is 0.536 bits per heavy atom. The van der Waals surface area contributed by atoms with Crippen molar-refractivity contribution in [2.24, 2.45) is 20.5 Å². The molecular weight excluding hydrogens is 879 g/mol. The van der Waals surface area contributed by atoms with Gasteiger partial charge in [0.1, 0.15) is 26.9 Å². The van der Waals surface area contributed by atoms with E-state index < -0.39 is 123 Å².